The van der Waals surface area contributed by atoms with E-state index in [2.05, 4.69) is 84.5 Å². The van der Waals surface area contributed by atoms with Crippen LogP contribution in [0.1, 0.15) is 35.2 Å². The van der Waals surface area contributed by atoms with Gasteiger partial charge >= 0.3 is 0 Å². The molecule has 0 heterocycles. The van der Waals surface area contributed by atoms with E-state index in [0.29, 0.717) is 6.04 Å². The Morgan fingerprint density at radius 1 is 1.00 bits per heavy atom. The van der Waals surface area contributed by atoms with Crippen LogP contribution < -0.4 is 5.32 Å². The van der Waals surface area contributed by atoms with E-state index in [1.165, 1.54) is 26.7 Å². The van der Waals surface area contributed by atoms with Gasteiger partial charge in [-0.05, 0) is 44.0 Å². The van der Waals surface area contributed by atoms with Crippen LogP contribution in [0.2, 0.25) is 0 Å². The van der Waals surface area contributed by atoms with Crippen molar-refractivity contribution in [1.82, 2.24) is 5.32 Å². The molecule has 0 bridgehead atoms. The number of likely N-dealkylation sites (N-methyl/N-ethyl adjacent to an activating group) is 1. The van der Waals surface area contributed by atoms with Crippen molar-refractivity contribution in [3.8, 4) is 0 Å². The smallest absolute Gasteiger partial charge is 0.0372 e. The fourth-order valence-electron chi connectivity index (χ4n) is 2.43. The summed E-state index contributed by atoms with van der Waals surface area (Å²) in [6.45, 7) is 7.40. The quantitative estimate of drug-likeness (QED) is 0.816. The predicted octanol–water partition coefficient (Wildman–Crippen LogP) is 4.96. The highest BCUT2D eigenvalue weighted by Gasteiger charge is 2.14. The van der Waals surface area contributed by atoms with Crippen LogP contribution in [0.15, 0.2) is 46.9 Å². The molecule has 0 spiro atoms. The van der Waals surface area contributed by atoms with Gasteiger partial charge in [-0.3, -0.25) is 0 Å². The molecule has 0 saturated carbocycles. The summed E-state index contributed by atoms with van der Waals surface area (Å²) in [7, 11) is 0. The highest BCUT2D eigenvalue weighted by atomic mass is 79.9. The molecule has 2 heteroatoms. The van der Waals surface area contributed by atoms with Crippen molar-refractivity contribution in [3.63, 3.8) is 0 Å². The average molecular weight is 332 g/mol. The van der Waals surface area contributed by atoms with Crippen LogP contribution in [0.5, 0.6) is 0 Å². The van der Waals surface area contributed by atoms with Crippen LogP contribution in [0, 0.1) is 13.8 Å². The normalized spacial score (nSPS) is 12.4. The topological polar surface area (TPSA) is 12.0 Å². The van der Waals surface area contributed by atoms with Crippen LogP contribution in [0.3, 0.4) is 0 Å². The molecule has 1 atom stereocenters. The first-order valence-corrected chi connectivity index (χ1v) is 7.94. The summed E-state index contributed by atoms with van der Waals surface area (Å²) < 4.78 is 1.18. The highest BCUT2D eigenvalue weighted by Crippen LogP contribution is 2.27. The molecule has 1 nitrogen and oxygen atoms in total. The molecule has 0 aromatic heterocycles. The molecule has 0 aliphatic carbocycles. The van der Waals surface area contributed by atoms with Gasteiger partial charge in [-0.25, -0.2) is 0 Å². The summed E-state index contributed by atoms with van der Waals surface area (Å²) in [5.41, 5.74) is 5.32. The molecule has 0 aliphatic heterocycles. The first-order chi connectivity index (χ1) is 9.60. The van der Waals surface area contributed by atoms with E-state index in [9.17, 15) is 0 Å². The van der Waals surface area contributed by atoms with Gasteiger partial charge in [0.15, 0.2) is 0 Å². The third kappa shape index (κ3) is 3.94. The molecule has 0 amide bonds. The Labute approximate surface area is 130 Å². The minimum atomic E-state index is 0.344. The molecule has 2 aromatic carbocycles. The zero-order valence-electron chi connectivity index (χ0n) is 12.4. The van der Waals surface area contributed by atoms with Gasteiger partial charge in [0.2, 0.25) is 0 Å². The second-order valence-electron chi connectivity index (χ2n) is 5.32. The van der Waals surface area contributed by atoms with E-state index in [1.807, 2.05) is 0 Å². The van der Waals surface area contributed by atoms with Crippen molar-refractivity contribution in [2.45, 2.75) is 33.2 Å². The number of aryl methyl sites for hydroxylation is 2. The van der Waals surface area contributed by atoms with E-state index >= 15 is 0 Å². The fraction of sp³-hybridized carbons (Fsp3) is 0.333. The van der Waals surface area contributed by atoms with Gasteiger partial charge in [-0.15, -0.1) is 0 Å². The number of rotatable bonds is 5. The molecule has 106 valence electrons. The number of hydrogen-bond acceptors (Lipinski definition) is 1. The van der Waals surface area contributed by atoms with Gasteiger partial charge in [0.25, 0.3) is 0 Å². The Kier molecular flexibility index (Phi) is 5.38. The monoisotopic (exact) mass is 331 g/mol. The van der Waals surface area contributed by atoms with Crippen LogP contribution in [-0.2, 0) is 6.42 Å². The summed E-state index contributed by atoms with van der Waals surface area (Å²) in [5.74, 6) is 0. The zero-order valence-corrected chi connectivity index (χ0v) is 14.0. The van der Waals surface area contributed by atoms with Gasteiger partial charge < -0.3 is 5.32 Å². The minimum Gasteiger partial charge on any atom is -0.310 e. The van der Waals surface area contributed by atoms with E-state index in [4.69, 9.17) is 0 Å². The molecule has 0 saturated heterocycles. The van der Waals surface area contributed by atoms with E-state index in [-0.39, 0.29) is 0 Å². The summed E-state index contributed by atoms with van der Waals surface area (Å²) in [4.78, 5) is 0. The Morgan fingerprint density at radius 3 is 2.30 bits per heavy atom. The van der Waals surface area contributed by atoms with Gasteiger partial charge in [0.05, 0.1) is 0 Å². The molecule has 0 aliphatic rings. The maximum absolute atomic E-state index is 3.69. The zero-order chi connectivity index (χ0) is 14.5. The minimum absolute atomic E-state index is 0.344. The lowest BCUT2D eigenvalue weighted by Crippen LogP contribution is -2.23. The Hall–Kier alpha value is -1.12. The van der Waals surface area contributed by atoms with Crippen LogP contribution in [-0.4, -0.2) is 6.54 Å². The average Bonchev–Trinajstić information content (AvgIpc) is 2.43. The second kappa shape index (κ2) is 7.05. The van der Waals surface area contributed by atoms with E-state index in [0.717, 1.165) is 13.0 Å². The van der Waals surface area contributed by atoms with E-state index in [1.54, 1.807) is 0 Å². The number of halogens is 1. The van der Waals surface area contributed by atoms with Crippen molar-refractivity contribution >= 4 is 15.9 Å². The predicted molar refractivity (Wildman–Crippen MR) is 90.2 cm³/mol. The second-order valence-corrected chi connectivity index (χ2v) is 6.18. The van der Waals surface area contributed by atoms with Crippen LogP contribution in [0.25, 0.3) is 0 Å². The molecule has 2 rings (SSSR count). The van der Waals surface area contributed by atoms with Crippen molar-refractivity contribution in [2.75, 3.05) is 6.54 Å². The van der Waals surface area contributed by atoms with Crippen LogP contribution >= 0.6 is 15.9 Å². The lowest BCUT2D eigenvalue weighted by Gasteiger charge is -2.20. The molecule has 1 unspecified atom stereocenters. The molecule has 1 N–H and O–H groups in total. The van der Waals surface area contributed by atoms with Crippen LogP contribution in [0.4, 0.5) is 0 Å². The largest absolute Gasteiger partial charge is 0.310 e. The molecule has 0 fully saturated rings. The summed E-state index contributed by atoms with van der Waals surface area (Å²) in [5, 5.41) is 3.60. The first-order valence-electron chi connectivity index (χ1n) is 7.15. The Morgan fingerprint density at radius 2 is 1.65 bits per heavy atom. The highest BCUT2D eigenvalue weighted by molar-refractivity contribution is 9.10. The fourth-order valence-corrected chi connectivity index (χ4v) is 2.95. The lowest BCUT2D eigenvalue weighted by molar-refractivity contribution is 0.547. The molecule has 20 heavy (non-hydrogen) atoms. The Bertz CT molecular complexity index is 560. The molecular formula is C18H22BrN. The van der Waals surface area contributed by atoms with Gasteiger partial charge in [-0.1, -0.05) is 70.4 Å². The Balaban J connectivity index is 2.26. The van der Waals surface area contributed by atoms with Gasteiger partial charge in [0.1, 0.15) is 0 Å². The maximum atomic E-state index is 3.69. The van der Waals surface area contributed by atoms with Crippen molar-refractivity contribution in [1.29, 1.82) is 0 Å². The lowest BCUT2D eigenvalue weighted by atomic mass is 9.97. The summed E-state index contributed by atoms with van der Waals surface area (Å²) in [6, 6.07) is 15.7. The standard InChI is InChI=1S/C18H22BrN/c1-4-20-18(12-15-8-5-13(2)6-9-15)16-11-14(3)7-10-17(16)19/h5-11,18,20H,4,12H2,1-3H3. The van der Waals surface area contributed by atoms with E-state index < -0.39 is 0 Å². The summed E-state index contributed by atoms with van der Waals surface area (Å²) in [6.07, 6.45) is 1.01. The number of benzene rings is 2. The first kappa shape index (κ1) is 15.3. The van der Waals surface area contributed by atoms with Crippen molar-refractivity contribution in [2.24, 2.45) is 0 Å². The number of nitrogens with one attached hydrogen (secondary N) is 1. The third-order valence-corrected chi connectivity index (χ3v) is 4.26. The van der Waals surface area contributed by atoms with Gasteiger partial charge in [0, 0.05) is 10.5 Å². The SMILES string of the molecule is CCNC(Cc1ccc(C)cc1)c1cc(C)ccc1Br. The van der Waals surface area contributed by atoms with Crippen molar-refractivity contribution < 1.29 is 0 Å². The number of hydrogen-bond donors (Lipinski definition) is 1. The summed E-state index contributed by atoms with van der Waals surface area (Å²) >= 11 is 3.69. The van der Waals surface area contributed by atoms with Crippen molar-refractivity contribution in [3.05, 3.63) is 69.2 Å². The third-order valence-electron chi connectivity index (χ3n) is 3.54. The maximum Gasteiger partial charge on any atom is 0.0372 e. The molecule has 0 radical (unpaired) electrons. The molecular weight excluding hydrogens is 310 g/mol. The van der Waals surface area contributed by atoms with Gasteiger partial charge in [-0.2, -0.15) is 0 Å². The molecule has 2 aromatic rings.